The first-order valence-corrected chi connectivity index (χ1v) is 10.4. The van der Waals surface area contributed by atoms with Gasteiger partial charge in [-0.05, 0) is 66.5 Å². The third-order valence-corrected chi connectivity index (χ3v) is 7.83. The molecule has 3 N–H and O–H groups in total. The van der Waals surface area contributed by atoms with Gasteiger partial charge in [0.2, 0.25) is 0 Å². The molecule has 0 spiro atoms. The number of phenolic OH excluding ortho intramolecular Hbond substituents is 2. The maximum absolute atomic E-state index is 10.1. The van der Waals surface area contributed by atoms with Gasteiger partial charge in [-0.15, -0.1) is 28.3 Å². The minimum Gasteiger partial charge on any atom is -0.504 e. The highest BCUT2D eigenvalue weighted by Gasteiger charge is 2.37. The molecule has 2 heterocycles. The molecule has 1 fully saturated rings. The maximum atomic E-state index is 10.1. The zero-order chi connectivity index (χ0) is 17.0. The molecule has 0 unspecified atom stereocenters. The van der Waals surface area contributed by atoms with E-state index in [0.29, 0.717) is 12.0 Å². The normalized spacial score (nSPS) is 24.9. The first-order chi connectivity index (χ1) is 12.2. The molecule has 0 amide bonds. The Morgan fingerprint density at radius 3 is 2.50 bits per heavy atom. The first kappa shape index (κ1) is 18.3. The standard InChI is InChI=1S/C21H25NO2S.BrH/c23-17-8-13-6-7-16-20(15(13)10-18(17)24)21-14(11-22-16)9-19(25-21)12-4-2-1-3-5-12;/h8-10,12,16,20,22-24H,1-7,11H2;1H/t16-,20-;/m1./s1. The lowest BCUT2D eigenvalue weighted by molar-refractivity contribution is 0.383. The topological polar surface area (TPSA) is 52.5 Å². The number of thiophene rings is 1. The van der Waals surface area contributed by atoms with Gasteiger partial charge in [-0.2, -0.15) is 0 Å². The predicted molar refractivity (Wildman–Crippen MR) is 111 cm³/mol. The molecule has 1 aromatic heterocycles. The van der Waals surface area contributed by atoms with E-state index in [-0.39, 0.29) is 28.5 Å². The summed E-state index contributed by atoms with van der Waals surface area (Å²) in [6, 6.07) is 6.47. The van der Waals surface area contributed by atoms with Crippen molar-refractivity contribution in [2.24, 2.45) is 0 Å². The lowest BCUT2D eigenvalue weighted by Gasteiger charge is -2.38. The van der Waals surface area contributed by atoms with Crippen molar-refractivity contribution < 1.29 is 10.2 Å². The average Bonchev–Trinajstić information content (AvgIpc) is 3.07. The van der Waals surface area contributed by atoms with Crippen LogP contribution in [-0.2, 0) is 13.0 Å². The van der Waals surface area contributed by atoms with E-state index in [1.165, 1.54) is 53.7 Å². The van der Waals surface area contributed by atoms with Crippen LogP contribution >= 0.6 is 28.3 Å². The molecular weight excluding hydrogens is 410 g/mol. The van der Waals surface area contributed by atoms with Crippen molar-refractivity contribution in [3.05, 3.63) is 44.6 Å². The van der Waals surface area contributed by atoms with Crippen molar-refractivity contribution in [3.63, 3.8) is 0 Å². The van der Waals surface area contributed by atoms with Gasteiger partial charge in [0.1, 0.15) is 0 Å². The SMILES string of the molecule is Br.Oc1cc2c(cc1O)[C@H]1c3sc(C4CCCCC4)cc3CN[C@@H]1CC2. The number of hydrogen-bond acceptors (Lipinski definition) is 4. The molecule has 1 saturated carbocycles. The maximum Gasteiger partial charge on any atom is 0.157 e. The second-order valence-electron chi connectivity index (χ2n) is 7.92. The quantitative estimate of drug-likeness (QED) is 0.530. The lowest BCUT2D eigenvalue weighted by Crippen LogP contribution is -2.41. The van der Waals surface area contributed by atoms with Gasteiger partial charge in [-0.1, -0.05) is 19.3 Å². The van der Waals surface area contributed by atoms with Crippen LogP contribution in [-0.4, -0.2) is 16.3 Å². The van der Waals surface area contributed by atoms with E-state index < -0.39 is 0 Å². The number of aromatic hydroxyl groups is 2. The van der Waals surface area contributed by atoms with Crippen LogP contribution in [0.5, 0.6) is 11.5 Å². The summed E-state index contributed by atoms with van der Waals surface area (Å²) in [7, 11) is 0. The fourth-order valence-corrected chi connectivity index (χ4v) is 6.61. The van der Waals surface area contributed by atoms with Gasteiger partial charge in [-0.25, -0.2) is 0 Å². The number of aryl methyl sites for hydroxylation is 1. The smallest absolute Gasteiger partial charge is 0.157 e. The largest absolute Gasteiger partial charge is 0.504 e. The van der Waals surface area contributed by atoms with Crippen LogP contribution in [0.3, 0.4) is 0 Å². The number of hydrogen-bond donors (Lipinski definition) is 3. The molecule has 1 aliphatic heterocycles. The van der Waals surface area contributed by atoms with Crippen molar-refractivity contribution in [1.82, 2.24) is 5.32 Å². The highest BCUT2D eigenvalue weighted by molar-refractivity contribution is 8.93. The zero-order valence-corrected chi connectivity index (χ0v) is 17.4. The van der Waals surface area contributed by atoms with E-state index >= 15 is 0 Å². The molecule has 1 aromatic carbocycles. The second-order valence-corrected chi connectivity index (χ2v) is 9.03. The molecule has 3 nitrogen and oxygen atoms in total. The minimum absolute atomic E-state index is 0. The van der Waals surface area contributed by atoms with E-state index in [4.69, 9.17) is 0 Å². The summed E-state index contributed by atoms with van der Waals surface area (Å²) < 4.78 is 0. The van der Waals surface area contributed by atoms with Crippen molar-refractivity contribution in [3.8, 4) is 11.5 Å². The zero-order valence-electron chi connectivity index (χ0n) is 14.8. The van der Waals surface area contributed by atoms with Crippen LogP contribution in [0.1, 0.15) is 76.8 Å². The van der Waals surface area contributed by atoms with Crippen LogP contribution in [0.2, 0.25) is 0 Å². The molecule has 26 heavy (non-hydrogen) atoms. The average molecular weight is 436 g/mol. The summed E-state index contributed by atoms with van der Waals surface area (Å²) in [6.07, 6.45) is 8.87. The Balaban J connectivity index is 0.00000168. The van der Waals surface area contributed by atoms with Gasteiger partial charge in [0.25, 0.3) is 0 Å². The Hall–Kier alpha value is -1.04. The van der Waals surface area contributed by atoms with E-state index in [9.17, 15) is 10.2 Å². The summed E-state index contributed by atoms with van der Waals surface area (Å²) in [4.78, 5) is 3.07. The fourth-order valence-electron chi connectivity index (χ4n) is 5.08. The molecule has 2 aliphatic carbocycles. The summed E-state index contributed by atoms with van der Waals surface area (Å²) in [5.41, 5.74) is 3.85. The Bertz CT molecular complexity index is 813. The lowest BCUT2D eigenvalue weighted by atomic mass is 9.75. The Morgan fingerprint density at radius 1 is 0.923 bits per heavy atom. The molecule has 0 radical (unpaired) electrons. The fraction of sp³-hybridized carbons (Fsp3) is 0.524. The van der Waals surface area contributed by atoms with Crippen molar-refractivity contribution in [2.75, 3.05) is 0 Å². The molecular formula is C21H26BrNO2S. The third-order valence-electron chi connectivity index (χ3n) is 6.40. The highest BCUT2D eigenvalue weighted by Crippen LogP contribution is 2.48. The van der Waals surface area contributed by atoms with Crippen LogP contribution in [0.15, 0.2) is 18.2 Å². The molecule has 0 saturated heterocycles. The second kappa shape index (κ2) is 7.17. The number of rotatable bonds is 1. The van der Waals surface area contributed by atoms with Gasteiger partial charge >= 0.3 is 0 Å². The summed E-state index contributed by atoms with van der Waals surface area (Å²) in [5, 5.41) is 23.7. The molecule has 5 rings (SSSR count). The molecule has 0 bridgehead atoms. The van der Waals surface area contributed by atoms with Crippen LogP contribution in [0.25, 0.3) is 0 Å². The number of halogens is 1. The van der Waals surface area contributed by atoms with Gasteiger partial charge in [0.05, 0.1) is 0 Å². The van der Waals surface area contributed by atoms with E-state index in [2.05, 4.69) is 11.4 Å². The Labute approximate surface area is 169 Å². The molecule has 140 valence electrons. The Kier molecular flexibility index (Phi) is 5.06. The highest BCUT2D eigenvalue weighted by atomic mass is 79.9. The van der Waals surface area contributed by atoms with Gasteiger partial charge in [-0.3, -0.25) is 0 Å². The van der Waals surface area contributed by atoms with Crippen LogP contribution in [0, 0.1) is 0 Å². The Morgan fingerprint density at radius 2 is 1.69 bits per heavy atom. The molecule has 5 heteroatoms. The number of fused-ring (bicyclic) bond motifs is 5. The molecule has 3 aliphatic rings. The van der Waals surface area contributed by atoms with Crippen LogP contribution in [0.4, 0.5) is 0 Å². The number of nitrogens with one attached hydrogen (secondary N) is 1. The van der Waals surface area contributed by atoms with Crippen molar-refractivity contribution in [2.45, 2.75) is 69.4 Å². The summed E-state index contributed by atoms with van der Waals surface area (Å²) in [6.45, 7) is 0.971. The monoisotopic (exact) mass is 435 g/mol. The van der Waals surface area contributed by atoms with Crippen molar-refractivity contribution >= 4 is 28.3 Å². The van der Waals surface area contributed by atoms with E-state index in [1.807, 2.05) is 11.3 Å². The van der Waals surface area contributed by atoms with Gasteiger partial charge in [0, 0.05) is 28.3 Å². The third kappa shape index (κ3) is 2.98. The van der Waals surface area contributed by atoms with E-state index in [0.717, 1.165) is 25.3 Å². The van der Waals surface area contributed by atoms with E-state index in [1.54, 1.807) is 17.0 Å². The van der Waals surface area contributed by atoms with Crippen molar-refractivity contribution in [1.29, 1.82) is 0 Å². The summed E-state index contributed by atoms with van der Waals surface area (Å²) in [5.74, 6) is 1.09. The summed E-state index contributed by atoms with van der Waals surface area (Å²) >= 11 is 2.02. The van der Waals surface area contributed by atoms with Gasteiger partial charge in [0.15, 0.2) is 11.5 Å². The van der Waals surface area contributed by atoms with Crippen LogP contribution < -0.4 is 5.32 Å². The molecule has 2 atom stereocenters. The minimum atomic E-state index is 0. The number of phenols is 2. The molecule has 2 aromatic rings. The first-order valence-electron chi connectivity index (χ1n) is 9.61. The van der Waals surface area contributed by atoms with Gasteiger partial charge < -0.3 is 15.5 Å². The number of benzene rings is 1. The predicted octanol–water partition coefficient (Wildman–Crippen LogP) is 5.33.